The first-order valence-electron chi connectivity index (χ1n) is 18.9. The fourth-order valence-corrected chi connectivity index (χ4v) is 5.79. The average molecular weight is 787 g/mol. The largest absolute Gasteiger partial charge is 0.488 e. The molecule has 0 bridgehead atoms. The van der Waals surface area contributed by atoms with E-state index in [2.05, 4.69) is 0 Å². The average Bonchev–Trinajstić information content (AvgIpc) is 3.58. The highest BCUT2D eigenvalue weighted by atomic mass is 35.5. The molecule has 0 aromatic heterocycles. The van der Waals surface area contributed by atoms with Crippen LogP contribution in [0, 0.1) is 21.7 Å². The summed E-state index contributed by atoms with van der Waals surface area (Å²) in [4.78, 5) is 54.0. The summed E-state index contributed by atoms with van der Waals surface area (Å²) >= 11 is 6.79. The number of benzene rings is 2. The Kier molecular flexibility index (Phi) is 13.8. The number of halogens is 1. The minimum absolute atomic E-state index is 0.0247. The highest BCUT2D eigenvalue weighted by molar-refractivity contribution is 6.31. The van der Waals surface area contributed by atoms with Gasteiger partial charge in [0.05, 0.1) is 34.9 Å². The van der Waals surface area contributed by atoms with Gasteiger partial charge in [0.25, 0.3) is 0 Å². The van der Waals surface area contributed by atoms with Crippen molar-refractivity contribution < 1.29 is 52.3 Å². The Balaban J connectivity index is 1.81. The lowest BCUT2D eigenvalue weighted by molar-refractivity contribution is -0.262. The maximum atomic E-state index is 13.7. The van der Waals surface area contributed by atoms with Crippen LogP contribution in [0.3, 0.4) is 0 Å². The maximum Gasteiger partial charge on any atom is 0.311 e. The van der Waals surface area contributed by atoms with Gasteiger partial charge in [-0.3, -0.25) is 19.2 Å². The van der Waals surface area contributed by atoms with Gasteiger partial charge in [-0.1, -0.05) is 35.9 Å². The molecule has 0 saturated carbocycles. The first-order chi connectivity index (χ1) is 25.3. The molecule has 2 aromatic rings. The fourth-order valence-electron chi connectivity index (χ4n) is 5.61. The van der Waals surface area contributed by atoms with Gasteiger partial charge in [-0.05, 0) is 124 Å². The van der Waals surface area contributed by atoms with E-state index >= 15 is 0 Å². The first kappa shape index (κ1) is 44.0. The van der Waals surface area contributed by atoms with E-state index in [4.69, 9.17) is 44.8 Å². The SMILES string of the molecule is CC(C)(C)C(=O)OC[C@@H]1O[C@@H](c2ccc(Cl)c(Cc3ccc(O[C@@H]4CCOC4)cc3)c2)[C@@H](OC(=O)C(C)(C)C)[C@H](OC(=O)C(C)(C)C)[C@H]1OC(=O)C(C)(C)C. The monoisotopic (exact) mass is 786 g/mol. The zero-order valence-corrected chi connectivity index (χ0v) is 35.2. The predicted octanol–water partition coefficient (Wildman–Crippen LogP) is 8.00. The molecule has 2 aliphatic heterocycles. The molecule has 2 aromatic carbocycles. The summed E-state index contributed by atoms with van der Waals surface area (Å²) in [5.74, 6) is -1.61. The molecule has 0 spiro atoms. The minimum atomic E-state index is -1.36. The summed E-state index contributed by atoms with van der Waals surface area (Å²) in [6, 6.07) is 13.1. The van der Waals surface area contributed by atoms with E-state index in [0.29, 0.717) is 30.2 Å². The van der Waals surface area contributed by atoms with Gasteiger partial charge < -0.3 is 33.2 Å². The zero-order valence-electron chi connectivity index (χ0n) is 34.4. The van der Waals surface area contributed by atoms with E-state index in [-0.39, 0.29) is 12.7 Å². The standard InChI is InChI=1S/C43H59ClO11/c1-40(2,3)36(45)50-24-31-33(53-37(46)41(4,5)6)35(55-39(48)43(10,11)12)34(54-38(47)42(7,8)9)32(52-31)26-15-18-30(44)27(22-26)21-25-13-16-28(17-14-25)51-29-19-20-49-23-29/h13-18,22,29,31-35H,19-21,23-24H2,1-12H3/t29-,31+,32+,33+,34-,35-/m1/s1. The molecule has 2 fully saturated rings. The minimum Gasteiger partial charge on any atom is -0.488 e. The number of rotatable bonds is 10. The number of carbonyl (C=O) groups is 4. The van der Waals surface area contributed by atoms with Crippen molar-refractivity contribution in [3.05, 3.63) is 64.2 Å². The van der Waals surface area contributed by atoms with E-state index in [9.17, 15) is 19.2 Å². The maximum absolute atomic E-state index is 13.7. The van der Waals surface area contributed by atoms with Crippen molar-refractivity contribution in [1.29, 1.82) is 0 Å². The normalized spacial score (nSPS) is 23.4. The number of esters is 4. The van der Waals surface area contributed by atoms with Gasteiger partial charge >= 0.3 is 23.9 Å². The van der Waals surface area contributed by atoms with Crippen molar-refractivity contribution in [1.82, 2.24) is 0 Å². The summed E-state index contributed by atoms with van der Waals surface area (Å²) in [6.07, 6.45) is -4.89. The quantitative estimate of drug-likeness (QED) is 0.171. The van der Waals surface area contributed by atoms with Crippen LogP contribution in [-0.4, -0.2) is 74.2 Å². The Bertz CT molecular complexity index is 1670. The molecule has 0 amide bonds. The van der Waals surface area contributed by atoms with Gasteiger partial charge in [-0.15, -0.1) is 0 Å². The Morgan fingerprint density at radius 2 is 1.22 bits per heavy atom. The third kappa shape index (κ3) is 11.9. The number of hydrogen-bond donors (Lipinski definition) is 0. The molecule has 304 valence electrons. The highest BCUT2D eigenvalue weighted by Gasteiger charge is 2.55. The van der Waals surface area contributed by atoms with E-state index in [1.54, 1.807) is 95.2 Å². The topological polar surface area (TPSA) is 133 Å². The summed E-state index contributed by atoms with van der Waals surface area (Å²) in [5, 5.41) is 0.495. The number of ether oxygens (including phenoxy) is 7. The summed E-state index contributed by atoms with van der Waals surface area (Å²) in [7, 11) is 0. The Morgan fingerprint density at radius 3 is 1.73 bits per heavy atom. The van der Waals surface area contributed by atoms with Gasteiger partial charge in [0.1, 0.15) is 30.7 Å². The fraction of sp³-hybridized carbons (Fsp3) is 0.628. The lowest BCUT2D eigenvalue weighted by atomic mass is 9.87. The van der Waals surface area contributed by atoms with E-state index in [0.717, 1.165) is 23.3 Å². The second-order valence-electron chi connectivity index (χ2n) is 18.6. The summed E-state index contributed by atoms with van der Waals surface area (Å²) in [5.41, 5.74) is -1.51. The van der Waals surface area contributed by atoms with Crippen LogP contribution < -0.4 is 4.74 Å². The van der Waals surface area contributed by atoms with Crippen LogP contribution >= 0.6 is 11.6 Å². The van der Waals surface area contributed by atoms with Crippen molar-refractivity contribution in [2.24, 2.45) is 21.7 Å². The van der Waals surface area contributed by atoms with Gasteiger partial charge in [0, 0.05) is 11.4 Å². The second-order valence-corrected chi connectivity index (χ2v) is 19.0. The van der Waals surface area contributed by atoms with Crippen molar-refractivity contribution >= 4 is 35.5 Å². The third-order valence-electron chi connectivity index (χ3n) is 9.10. The molecule has 55 heavy (non-hydrogen) atoms. The van der Waals surface area contributed by atoms with Crippen molar-refractivity contribution in [3.8, 4) is 5.75 Å². The van der Waals surface area contributed by atoms with Crippen LogP contribution in [0.25, 0.3) is 0 Å². The van der Waals surface area contributed by atoms with E-state index < -0.39 is 76.1 Å². The van der Waals surface area contributed by atoms with Crippen LogP contribution in [0.2, 0.25) is 5.02 Å². The van der Waals surface area contributed by atoms with Crippen molar-refractivity contribution in [3.63, 3.8) is 0 Å². The molecular formula is C43H59ClO11. The zero-order chi connectivity index (χ0) is 41.1. The highest BCUT2D eigenvalue weighted by Crippen LogP contribution is 2.41. The summed E-state index contributed by atoms with van der Waals surface area (Å²) in [6.45, 7) is 21.3. The molecule has 6 atom stereocenters. The molecule has 2 saturated heterocycles. The van der Waals surface area contributed by atoms with Crippen LogP contribution in [-0.2, 0) is 54.0 Å². The van der Waals surface area contributed by atoms with Crippen LogP contribution in [0.15, 0.2) is 42.5 Å². The molecule has 4 rings (SSSR count). The molecular weight excluding hydrogens is 728 g/mol. The molecule has 0 N–H and O–H groups in total. The van der Waals surface area contributed by atoms with Gasteiger partial charge in [0.15, 0.2) is 18.3 Å². The lowest BCUT2D eigenvalue weighted by Crippen LogP contribution is -2.61. The van der Waals surface area contributed by atoms with Crippen LogP contribution in [0.1, 0.15) is 112 Å². The van der Waals surface area contributed by atoms with E-state index in [1.165, 1.54) is 0 Å². The van der Waals surface area contributed by atoms with Crippen molar-refractivity contribution in [2.45, 2.75) is 133 Å². The molecule has 12 heteroatoms. The third-order valence-corrected chi connectivity index (χ3v) is 9.47. The lowest BCUT2D eigenvalue weighted by Gasteiger charge is -2.46. The number of carbonyl (C=O) groups excluding carboxylic acids is 4. The van der Waals surface area contributed by atoms with E-state index in [1.807, 2.05) is 30.3 Å². The smallest absolute Gasteiger partial charge is 0.311 e. The van der Waals surface area contributed by atoms with Gasteiger partial charge in [-0.2, -0.15) is 0 Å². The Labute approximate surface area is 331 Å². The van der Waals surface area contributed by atoms with Crippen LogP contribution in [0.5, 0.6) is 5.75 Å². The van der Waals surface area contributed by atoms with Crippen molar-refractivity contribution in [2.75, 3.05) is 19.8 Å². The molecule has 0 aliphatic carbocycles. The predicted molar refractivity (Wildman–Crippen MR) is 207 cm³/mol. The molecule has 11 nitrogen and oxygen atoms in total. The van der Waals surface area contributed by atoms with Gasteiger partial charge in [-0.25, -0.2) is 0 Å². The van der Waals surface area contributed by atoms with Crippen LogP contribution in [0.4, 0.5) is 0 Å². The first-order valence-corrected chi connectivity index (χ1v) is 19.3. The number of hydrogen-bond acceptors (Lipinski definition) is 11. The molecule has 2 heterocycles. The summed E-state index contributed by atoms with van der Waals surface area (Å²) < 4.78 is 42.5. The second kappa shape index (κ2) is 17.2. The molecule has 0 radical (unpaired) electrons. The molecule has 2 aliphatic rings. The Hall–Kier alpha value is -3.67. The molecule has 0 unspecified atom stereocenters. The van der Waals surface area contributed by atoms with Gasteiger partial charge in [0.2, 0.25) is 0 Å². The Morgan fingerprint density at radius 1 is 0.691 bits per heavy atom.